The molecule has 1 aliphatic heterocycles. The number of urea groups is 1. The van der Waals surface area contributed by atoms with Crippen LogP contribution >= 0.6 is 0 Å². The Morgan fingerprint density at radius 1 is 1.37 bits per heavy atom. The summed E-state index contributed by atoms with van der Waals surface area (Å²) in [7, 11) is 0. The van der Waals surface area contributed by atoms with E-state index in [4.69, 9.17) is 7.10 Å². The van der Waals surface area contributed by atoms with Gasteiger partial charge < -0.3 is 16.0 Å². The summed E-state index contributed by atoms with van der Waals surface area (Å²) in [5.41, 5.74) is 7.22. The van der Waals surface area contributed by atoms with E-state index in [2.05, 4.69) is 10.1 Å². The lowest BCUT2D eigenvalue weighted by molar-refractivity contribution is -0.149. The third-order valence-corrected chi connectivity index (χ3v) is 5.69. The monoisotopic (exact) mass is 433 g/mol. The Morgan fingerprint density at radius 3 is 2.70 bits per heavy atom. The highest BCUT2D eigenvalue weighted by Gasteiger charge is 2.46. The molecule has 2 aromatic heterocycles. The lowest BCUT2D eigenvalue weighted by atomic mass is 9.81. The summed E-state index contributed by atoms with van der Waals surface area (Å²) >= 11 is 0. The second-order valence-corrected chi connectivity index (χ2v) is 7.89. The smallest absolute Gasteiger partial charge is 0.324 e. The Bertz CT molecular complexity index is 986. The quantitative estimate of drug-likeness (QED) is 0.726. The molecule has 0 unspecified atom stereocenters. The van der Waals surface area contributed by atoms with Gasteiger partial charge in [-0.25, -0.2) is 23.1 Å². The Balaban J connectivity index is 1.51. The highest BCUT2D eigenvalue weighted by atomic mass is 19.4. The fourth-order valence-corrected chi connectivity index (χ4v) is 3.91. The molecule has 2 atom stereocenters. The molecular weight excluding hydrogens is 411 g/mol. The highest BCUT2D eigenvalue weighted by Crippen LogP contribution is 2.40. The second kappa shape index (κ2) is 7.33. The number of carbonyl (C=O) groups excluding carboxylic acids is 1. The van der Waals surface area contributed by atoms with Crippen LogP contribution in [0.15, 0.2) is 18.4 Å². The van der Waals surface area contributed by atoms with Crippen LogP contribution in [0.5, 0.6) is 0 Å². The Labute approximate surface area is 169 Å². The van der Waals surface area contributed by atoms with Crippen LogP contribution in [0.25, 0.3) is 5.65 Å². The van der Waals surface area contributed by atoms with Crippen molar-refractivity contribution < 1.29 is 28.1 Å². The van der Waals surface area contributed by atoms with E-state index in [0.29, 0.717) is 11.3 Å². The number of fused-ring (bicyclic) bond motifs is 1. The molecule has 0 aromatic carbocycles. The summed E-state index contributed by atoms with van der Waals surface area (Å²) in [5.74, 6) is -2.83. The lowest BCUT2D eigenvalue weighted by Gasteiger charge is -2.31. The molecule has 4 rings (SSSR count). The molecule has 164 valence electrons. The van der Waals surface area contributed by atoms with Gasteiger partial charge in [-0.15, -0.1) is 0 Å². The molecule has 3 N–H and O–H groups in total. The van der Waals surface area contributed by atoms with Crippen molar-refractivity contribution in [3.8, 4) is 0 Å². The number of alkyl halides is 5. The van der Waals surface area contributed by atoms with Gasteiger partial charge in [-0.3, -0.25) is 0 Å². The predicted octanol–water partition coefficient (Wildman–Crippen LogP) is 3.01. The van der Waals surface area contributed by atoms with Gasteiger partial charge in [0.05, 0.1) is 32.0 Å². The molecule has 30 heavy (non-hydrogen) atoms. The Hall–Kier alpha value is -2.50. The zero-order valence-corrected chi connectivity index (χ0v) is 15.8. The minimum atomic E-state index is -4.56. The topological polar surface area (TPSA) is 88.6 Å². The summed E-state index contributed by atoms with van der Waals surface area (Å²) in [4.78, 5) is 17.2. The summed E-state index contributed by atoms with van der Waals surface area (Å²) in [6.07, 6.45) is -3.16. The minimum Gasteiger partial charge on any atom is -0.324 e. The lowest BCUT2D eigenvalue weighted by Crippen LogP contribution is -2.40. The number of nitrogens with one attached hydrogen (secondary N) is 1. The van der Waals surface area contributed by atoms with Crippen LogP contribution in [0.2, 0.25) is 0 Å². The van der Waals surface area contributed by atoms with E-state index in [0.717, 1.165) is 4.90 Å². The SMILES string of the molecule is [2H]c1nn2cc([C@@H](N)C3CCC(F)(F)CC3)nc2cc1CN1C[C@@H](C(F)(F)F)NC1=O. The summed E-state index contributed by atoms with van der Waals surface area (Å²) < 4.78 is 74.7. The standard InChI is InChI=1S/C18H21F5N6O/c19-17(20)3-1-11(2-4-17)15(24)12-8-29-14(26-12)5-10(6-25-29)7-28-9-13(18(21,22)23)27-16(28)30/h5-6,8,11,13,15H,1-4,7,9,24H2,(H,27,30)/t13-,15-/m0/s1/i6D. The van der Waals surface area contributed by atoms with Gasteiger partial charge in [0.25, 0.3) is 0 Å². The maximum Gasteiger partial charge on any atom is 0.410 e. The molecule has 12 heteroatoms. The van der Waals surface area contributed by atoms with E-state index in [1.165, 1.54) is 16.8 Å². The molecule has 2 aromatic rings. The highest BCUT2D eigenvalue weighted by molar-refractivity contribution is 5.77. The Morgan fingerprint density at radius 2 is 2.07 bits per heavy atom. The van der Waals surface area contributed by atoms with Crippen LogP contribution < -0.4 is 11.1 Å². The van der Waals surface area contributed by atoms with Crippen LogP contribution in [0, 0.1) is 5.92 Å². The average molecular weight is 433 g/mol. The van der Waals surface area contributed by atoms with Gasteiger partial charge in [-0.05, 0) is 30.4 Å². The van der Waals surface area contributed by atoms with Crippen LogP contribution in [-0.2, 0) is 6.54 Å². The fourth-order valence-electron chi connectivity index (χ4n) is 3.91. The summed E-state index contributed by atoms with van der Waals surface area (Å²) in [6, 6.07) is -1.95. The number of rotatable bonds is 4. The van der Waals surface area contributed by atoms with Crippen molar-refractivity contribution in [2.75, 3.05) is 6.54 Å². The molecule has 1 saturated heterocycles. The minimum absolute atomic E-state index is 0.160. The molecule has 1 aliphatic carbocycles. The molecule has 0 spiro atoms. The third-order valence-electron chi connectivity index (χ3n) is 5.69. The van der Waals surface area contributed by atoms with Crippen LogP contribution in [0.3, 0.4) is 0 Å². The number of nitrogens with zero attached hydrogens (tertiary/aromatic N) is 4. The maximum absolute atomic E-state index is 13.4. The van der Waals surface area contributed by atoms with Crippen molar-refractivity contribution in [2.45, 2.75) is 56.4 Å². The van der Waals surface area contributed by atoms with Crippen molar-refractivity contribution in [1.82, 2.24) is 24.8 Å². The number of hydrogen-bond acceptors (Lipinski definition) is 4. The van der Waals surface area contributed by atoms with Crippen LogP contribution in [0.4, 0.5) is 26.7 Å². The van der Waals surface area contributed by atoms with Gasteiger partial charge in [0, 0.05) is 19.4 Å². The van der Waals surface area contributed by atoms with Gasteiger partial charge in [0.2, 0.25) is 5.92 Å². The number of hydrogen-bond donors (Lipinski definition) is 2. The van der Waals surface area contributed by atoms with Crippen LogP contribution in [-0.4, -0.2) is 50.2 Å². The first-order chi connectivity index (χ1) is 14.4. The number of halogens is 5. The predicted molar refractivity (Wildman–Crippen MR) is 95.6 cm³/mol. The molecule has 3 heterocycles. The van der Waals surface area contributed by atoms with E-state index in [-0.39, 0.29) is 49.9 Å². The zero-order valence-electron chi connectivity index (χ0n) is 16.8. The van der Waals surface area contributed by atoms with Crippen molar-refractivity contribution in [3.05, 3.63) is 29.7 Å². The molecule has 2 aliphatic rings. The summed E-state index contributed by atoms with van der Waals surface area (Å²) in [6.45, 7) is -0.795. The first kappa shape index (κ1) is 19.5. The normalized spacial score (nSPS) is 24.2. The fraction of sp³-hybridized carbons (Fsp3) is 0.611. The van der Waals surface area contributed by atoms with E-state index < -0.39 is 36.8 Å². The van der Waals surface area contributed by atoms with Gasteiger partial charge in [0.1, 0.15) is 6.04 Å². The van der Waals surface area contributed by atoms with Crippen molar-refractivity contribution >= 4 is 11.7 Å². The van der Waals surface area contributed by atoms with Gasteiger partial charge in [-0.2, -0.15) is 18.3 Å². The van der Waals surface area contributed by atoms with Gasteiger partial charge >= 0.3 is 12.2 Å². The molecule has 2 amide bonds. The van der Waals surface area contributed by atoms with Crippen LogP contribution in [0.1, 0.15) is 44.4 Å². The van der Waals surface area contributed by atoms with E-state index in [1.807, 2.05) is 5.32 Å². The molecule has 0 bridgehead atoms. The molecule has 1 saturated carbocycles. The zero-order chi connectivity index (χ0) is 22.6. The molecule has 0 radical (unpaired) electrons. The first-order valence-electron chi connectivity index (χ1n) is 10.0. The number of imidazole rings is 1. The van der Waals surface area contributed by atoms with E-state index in [1.54, 1.807) is 0 Å². The molecule has 2 fully saturated rings. The van der Waals surface area contributed by atoms with E-state index >= 15 is 0 Å². The van der Waals surface area contributed by atoms with E-state index in [9.17, 15) is 26.7 Å². The maximum atomic E-state index is 13.4. The van der Waals surface area contributed by atoms with Crippen molar-refractivity contribution in [1.29, 1.82) is 0 Å². The van der Waals surface area contributed by atoms with Gasteiger partial charge in [0.15, 0.2) is 5.65 Å². The van der Waals surface area contributed by atoms with Crippen molar-refractivity contribution in [2.24, 2.45) is 11.7 Å². The molecule has 7 nitrogen and oxygen atoms in total. The first-order valence-corrected chi connectivity index (χ1v) is 9.54. The third kappa shape index (κ3) is 4.18. The number of nitrogens with two attached hydrogens (primary N) is 1. The number of amides is 2. The summed E-state index contributed by atoms with van der Waals surface area (Å²) in [5, 5.41) is 5.92. The number of aromatic nitrogens is 3. The van der Waals surface area contributed by atoms with Gasteiger partial charge in [-0.1, -0.05) is 0 Å². The second-order valence-electron chi connectivity index (χ2n) is 7.89. The average Bonchev–Trinajstić information content (AvgIpc) is 3.25. The number of carbonyl (C=O) groups is 1. The van der Waals surface area contributed by atoms with Crippen molar-refractivity contribution in [3.63, 3.8) is 0 Å². The molecular formula is C18H21F5N6O. The Kier molecular flexibility index (Phi) is 4.75. The largest absolute Gasteiger partial charge is 0.410 e.